The van der Waals surface area contributed by atoms with Gasteiger partial charge in [0.05, 0.1) is 5.69 Å². The van der Waals surface area contributed by atoms with Gasteiger partial charge in [-0.2, -0.15) is 0 Å². The van der Waals surface area contributed by atoms with E-state index in [2.05, 4.69) is 63.3 Å². The number of halogens is 1. The van der Waals surface area contributed by atoms with Crippen LogP contribution in [0.1, 0.15) is 18.4 Å². The second-order valence-electron chi connectivity index (χ2n) is 5.46. The van der Waals surface area contributed by atoms with Crippen LogP contribution in [0.25, 0.3) is 0 Å². The van der Waals surface area contributed by atoms with Gasteiger partial charge in [0.15, 0.2) is 0 Å². The smallest absolute Gasteiger partial charge is 0.0510 e. The molecule has 2 rings (SSSR count). The lowest BCUT2D eigenvalue weighted by Gasteiger charge is -2.36. The number of hydrogen-bond acceptors (Lipinski definition) is 3. The van der Waals surface area contributed by atoms with Crippen LogP contribution in [0.15, 0.2) is 22.7 Å². The highest BCUT2D eigenvalue weighted by Gasteiger charge is 2.21. The predicted molar refractivity (Wildman–Crippen MR) is 85.8 cm³/mol. The highest BCUT2D eigenvalue weighted by Crippen LogP contribution is 2.30. The van der Waals surface area contributed by atoms with E-state index in [1.165, 1.54) is 41.7 Å². The lowest BCUT2D eigenvalue weighted by atomic mass is 10.0. The molecule has 3 nitrogen and oxygen atoms in total. The molecular formula is C15H24BrN3. The first kappa shape index (κ1) is 14.8. The van der Waals surface area contributed by atoms with Gasteiger partial charge in [-0.1, -0.05) is 6.07 Å². The fourth-order valence-electron chi connectivity index (χ4n) is 2.73. The number of nitrogens with zero attached hydrogens (tertiary/aromatic N) is 2. The van der Waals surface area contributed by atoms with Crippen LogP contribution < -0.4 is 10.2 Å². The topological polar surface area (TPSA) is 18.5 Å². The number of rotatable bonds is 4. The SMILES string of the molecule is CNCc1ccc(N(C)C2CCN(C)CC2)c(Br)c1. The summed E-state index contributed by atoms with van der Waals surface area (Å²) in [6.07, 6.45) is 2.50. The van der Waals surface area contributed by atoms with Gasteiger partial charge in [0.2, 0.25) is 0 Å². The lowest BCUT2D eigenvalue weighted by Crippen LogP contribution is -2.42. The maximum absolute atomic E-state index is 3.72. The molecule has 1 heterocycles. The Balaban J connectivity index is 2.08. The van der Waals surface area contributed by atoms with E-state index in [1.54, 1.807) is 0 Å². The van der Waals surface area contributed by atoms with E-state index in [-0.39, 0.29) is 0 Å². The Morgan fingerprint density at radius 2 is 2.05 bits per heavy atom. The van der Waals surface area contributed by atoms with Crippen molar-refractivity contribution in [1.29, 1.82) is 0 Å². The minimum Gasteiger partial charge on any atom is -0.371 e. The third-order valence-electron chi connectivity index (χ3n) is 4.01. The van der Waals surface area contributed by atoms with E-state index in [0.29, 0.717) is 6.04 Å². The molecule has 19 heavy (non-hydrogen) atoms. The van der Waals surface area contributed by atoms with E-state index >= 15 is 0 Å². The first-order chi connectivity index (χ1) is 9.11. The van der Waals surface area contributed by atoms with Crippen LogP contribution in [0.5, 0.6) is 0 Å². The van der Waals surface area contributed by atoms with Crippen molar-refractivity contribution >= 4 is 21.6 Å². The fourth-order valence-corrected chi connectivity index (χ4v) is 3.44. The largest absolute Gasteiger partial charge is 0.371 e. The number of piperidine rings is 1. The Morgan fingerprint density at radius 1 is 1.37 bits per heavy atom. The molecule has 1 fully saturated rings. The molecule has 1 aliphatic heterocycles. The molecule has 0 atom stereocenters. The van der Waals surface area contributed by atoms with Gasteiger partial charge in [-0.3, -0.25) is 0 Å². The lowest BCUT2D eigenvalue weighted by molar-refractivity contribution is 0.253. The summed E-state index contributed by atoms with van der Waals surface area (Å²) in [7, 11) is 6.40. The van der Waals surface area contributed by atoms with Crippen molar-refractivity contribution in [2.45, 2.75) is 25.4 Å². The number of nitrogens with one attached hydrogen (secondary N) is 1. The van der Waals surface area contributed by atoms with Crippen molar-refractivity contribution in [3.63, 3.8) is 0 Å². The summed E-state index contributed by atoms with van der Waals surface area (Å²) in [6.45, 7) is 3.31. The van der Waals surface area contributed by atoms with Gasteiger partial charge in [0.25, 0.3) is 0 Å². The Labute approximate surface area is 125 Å². The minimum absolute atomic E-state index is 0.655. The summed E-state index contributed by atoms with van der Waals surface area (Å²) >= 11 is 3.72. The van der Waals surface area contributed by atoms with Gasteiger partial charge >= 0.3 is 0 Å². The molecule has 0 unspecified atom stereocenters. The van der Waals surface area contributed by atoms with Crippen molar-refractivity contribution in [2.24, 2.45) is 0 Å². The molecule has 0 aliphatic carbocycles. The predicted octanol–water partition coefficient (Wildman–Crippen LogP) is 2.70. The third kappa shape index (κ3) is 3.71. The van der Waals surface area contributed by atoms with E-state index in [4.69, 9.17) is 0 Å². The minimum atomic E-state index is 0.655. The third-order valence-corrected chi connectivity index (χ3v) is 4.64. The summed E-state index contributed by atoms with van der Waals surface area (Å²) in [5, 5.41) is 3.19. The summed E-state index contributed by atoms with van der Waals surface area (Å²) in [4.78, 5) is 4.84. The molecule has 0 amide bonds. The normalized spacial score (nSPS) is 17.7. The van der Waals surface area contributed by atoms with Crippen LogP contribution >= 0.6 is 15.9 Å². The molecular weight excluding hydrogens is 302 g/mol. The highest BCUT2D eigenvalue weighted by molar-refractivity contribution is 9.10. The zero-order chi connectivity index (χ0) is 13.8. The number of anilines is 1. The molecule has 0 radical (unpaired) electrons. The monoisotopic (exact) mass is 325 g/mol. The number of hydrogen-bond donors (Lipinski definition) is 1. The maximum atomic E-state index is 3.72. The van der Waals surface area contributed by atoms with Crippen LogP contribution in [0, 0.1) is 0 Å². The first-order valence-electron chi connectivity index (χ1n) is 6.96. The second-order valence-corrected chi connectivity index (χ2v) is 6.32. The quantitative estimate of drug-likeness (QED) is 0.918. The van der Waals surface area contributed by atoms with Gasteiger partial charge in [-0.15, -0.1) is 0 Å². The summed E-state index contributed by atoms with van der Waals surface area (Å²) < 4.78 is 1.20. The van der Waals surface area contributed by atoms with Crippen LogP contribution in [-0.4, -0.2) is 45.2 Å². The molecule has 1 saturated heterocycles. The summed E-state index contributed by atoms with van der Waals surface area (Å²) in [5.74, 6) is 0. The van der Waals surface area contributed by atoms with E-state index < -0.39 is 0 Å². The average Bonchev–Trinajstić information content (AvgIpc) is 2.39. The zero-order valence-corrected chi connectivity index (χ0v) is 13.7. The van der Waals surface area contributed by atoms with E-state index in [1.807, 2.05) is 7.05 Å². The molecule has 1 aromatic rings. The standard InChI is InChI=1S/C15H24BrN3/c1-17-11-12-4-5-15(14(16)10-12)19(3)13-6-8-18(2)9-7-13/h4-5,10,13,17H,6-9,11H2,1-3H3. The maximum Gasteiger partial charge on any atom is 0.0510 e. The van der Waals surface area contributed by atoms with Gasteiger partial charge in [-0.25, -0.2) is 0 Å². The van der Waals surface area contributed by atoms with Crippen LogP contribution in [0.3, 0.4) is 0 Å². The van der Waals surface area contributed by atoms with Crippen molar-refractivity contribution in [2.75, 3.05) is 39.1 Å². The van der Waals surface area contributed by atoms with E-state index in [9.17, 15) is 0 Å². The molecule has 1 aromatic carbocycles. The summed E-state index contributed by atoms with van der Waals surface area (Å²) in [6, 6.07) is 7.32. The molecule has 1 N–H and O–H groups in total. The highest BCUT2D eigenvalue weighted by atomic mass is 79.9. The van der Waals surface area contributed by atoms with Crippen molar-refractivity contribution in [3.8, 4) is 0 Å². The zero-order valence-electron chi connectivity index (χ0n) is 12.1. The summed E-state index contributed by atoms with van der Waals surface area (Å²) in [5.41, 5.74) is 2.62. The Bertz CT molecular complexity index is 414. The van der Waals surface area contributed by atoms with Crippen LogP contribution in [-0.2, 0) is 6.54 Å². The second kappa shape index (κ2) is 6.73. The van der Waals surface area contributed by atoms with Crippen molar-refractivity contribution < 1.29 is 0 Å². The molecule has 0 aromatic heterocycles. The Hall–Kier alpha value is -0.580. The van der Waals surface area contributed by atoms with Crippen molar-refractivity contribution in [1.82, 2.24) is 10.2 Å². The van der Waals surface area contributed by atoms with E-state index in [0.717, 1.165) is 6.54 Å². The van der Waals surface area contributed by atoms with Crippen LogP contribution in [0.2, 0.25) is 0 Å². The number of likely N-dealkylation sites (tertiary alicyclic amines) is 1. The van der Waals surface area contributed by atoms with Gasteiger partial charge in [0.1, 0.15) is 0 Å². The van der Waals surface area contributed by atoms with Gasteiger partial charge in [-0.05, 0) is 73.7 Å². The van der Waals surface area contributed by atoms with Gasteiger partial charge < -0.3 is 15.1 Å². The molecule has 1 aliphatic rings. The number of benzene rings is 1. The van der Waals surface area contributed by atoms with Crippen molar-refractivity contribution in [3.05, 3.63) is 28.2 Å². The molecule has 0 saturated carbocycles. The van der Waals surface area contributed by atoms with Crippen LogP contribution in [0.4, 0.5) is 5.69 Å². The Kier molecular flexibility index (Phi) is 5.25. The van der Waals surface area contributed by atoms with Gasteiger partial charge in [0, 0.05) is 24.1 Å². The molecule has 0 bridgehead atoms. The molecule has 106 valence electrons. The molecule has 4 heteroatoms. The first-order valence-corrected chi connectivity index (χ1v) is 7.75. The molecule has 0 spiro atoms. The Morgan fingerprint density at radius 3 is 2.63 bits per heavy atom. The fraction of sp³-hybridized carbons (Fsp3) is 0.600. The average molecular weight is 326 g/mol.